The monoisotopic (exact) mass is 318 g/mol. The first-order valence-electron chi connectivity index (χ1n) is 6.78. The molecule has 22 heavy (non-hydrogen) atoms. The Morgan fingerprint density at radius 3 is 2.45 bits per heavy atom. The Labute approximate surface area is 132 Å². The van der Waals surface area contributed by atoms with Crippen LogP contribution in [0.15, 0.2) is 43.6 Å². The van der Waals surface area contributed by atoms with Crippen LogP contribution in [0.25, 0.3) is 0 Å². The summed E-state index contributed by atoms with van der Waals surface area (Å²) in [5, 5.41) is 12.3. The third kappa shape index (κ3) is 3.40. The van der Waals surface area contributed by atoms with E-state index < -0.39 is 0 Å². The summed E-state index contributed by atoms with van der Waals surface area (Å²) in [6.07, 6.45) is 8.61. The Balaban J connectivity index is 1.77. The fraction of sp³-hybridized carbons (Fsp3) is 0.308. The second kappa shape index (κ2) is 6.52. The third-order valence-electron chi connectivity index (χ3n) is 3.25. The van der Waals surface area contributed by atoms with Crippen LogP contribution in [0.1, 0.15) is 25.6 Å². The van der Waals surface area contributed by atoms with Crippen molar-refractivity contribution in [2.75, 3.05) is 5.32 Å². The van der Waals surface area contributed by atoms with Crippen LogP contribution in [0, 0.1) is 0 Å². The largest absolute Gasteiger partial charge is 0.348 e. The number of anilines is 1. The zero-order chi connectivity index (χ0) is 15.4. The van der Waals surface area contributed by atoms with Crippen molar-refractivity contribution in [3.05, 3.63) is 48.7 Å². The SMILES string of the molecule is CC(CC(Nc1ccc(Cl)cn1)n1cncn1)n1cncn1. The van der Waals surface area contributed by atoms with E-state index in [-0.39, 0.29) is 12.2 Å². The van der Waals surface area contributed by atoms with Crippen LogP contribution < -0.4 is 5.32 Å². The van der Waals surface area contributed by atoms with Gasteiger partial charge in [-0.1, -0.05) is 11.6 Å². The van der Waals surface area contributed by atoms with Gasteiger partial charge in [0.25, 0.3) is 0 Å². The molecular formula is C13H15ClN8. The molecule has 0 saturated carbocycles. The standard InChI is InChI=1S/C13H15ClN8/c1-10(21-8-15-6-18-21)4-13(22-9-16-7-19-22)20-12-3-2-11(14)5-17-12/h2-3,5-10,13H,4H2,1H3,(H,17,20). The molecule has 1 N–H and O–H groups in total. The molecule has 0 amide bonds. The summed E-state index contributed by atoms with van der Waals surface area (Å²) >= 11 is 5.86. The van der Waals surface area contributed by atoms with E-state index in [0.29, 0.717) is 5.02 Å². The van der Waals surface area contributed by atoms with Gasteiger partial charge in [-0.2, -0.15) is 10.2 Å². The fourth-order valence-electron chi connectivity index (χ4n) is 2.12. The van der Waals surface area contributed by atoms with Gasteiger partial charge in [-0.3, -0.25) is 4.68 Å². The molecule has 2 atom stereocenters. The quantitative estimate of drug-likeness (QED) is 0.749. The Hall–Kier alpha value is -2.48. The van der Waals surface area contributed by atoms with Crippen LogP contribution in [0.2, 0.25) is 5.02 Å². The van der Waals surface area contributed by atoms with Crippen molar-refractivity contribution in [1.82, 2.24) is 34.5 Å². The summed E-state index contributed by atoms with van der Waals surface area (Å²) in [6.45, 7) is 2.07. The van der Waals surface area contributed by atoms with Crippen molar-refractivity contribution in [2.45, 2.75) is 25.6 Å². The van der Waals surface area contributed by atoms with Gasteiger partial charge in [-0.25, -0.2) is 19.6 Å². The second-order valence-corrected chi connectivity index (χ2v) is 5.29. The average molecular weight is 319 g/mol. The molecule has 0 aromatic carbocycles. The topological polar surface area (TPSA) is 86.3 Å². The van der Waals surface area contributed by atoms with Crippen molar-refractivity contribution in [3.63, 3.8) is 0 Å². The first-order valence-corrected chi connectivity index (χ1v) is 7.16. The Bertz CT molecular complexity index is 679. The molecule has 8 nitrogen and oxygen atoms in total. The molecule has 3 heterocycles. The number of pyridine rings is 1. The van der Waals surface area contributed by atoms with Crippen molar-refractivity contribution >= 4 is 17.4 Å². The number of rotatable bonds is 6. The summed E-state index contributed by atoms with van der Waals surface area (Å²) in [7, 11) is 0. The minimum atomic E-state index is -0.115. The number of halogens is 1. The Morgan fingerprint density at radius 2 is 1.86 bits per heavy atom. The summed E-state index contributed by atoms with van der Waals surface area (Å²) < 4.78 is 3.56. The van der Waals surface area contributed by atoms with E-state index in [1.165, 1.54) is 12.7 Å². The molecule has 0 radical (unpaired) electrons. The first kappa shape index (κ1) is 14.5. The maximum atomic E-state index is 5.86. The molecule has 0 saturated heterocycles. The van der Waals surface area contributed by atoms with Crippen LogP contribution in [0.5, 0.6) is 0 Å². The highest BCUT2D eigenvalue weighted by Gasteiger charge is 2.17. The predicted octanol–water partition coefficient (Wildman–Crippen LogP) is 2.18. The van der Waals surface area contributed by atoms with E-state index >= 15 is 0 Å². The van der Waals surface area contributed by atoms with E-state index in [2.05, 4.69) is 37.4 Å². The summed E-state index contributed by atoms with van der Waals surface area (Å²) in [5.41, 5.74) is 0. The normalized spacial score (nSPS) is 13.7. The minimum absolute atomic E-state index is 0.115. The lowest BCUT2D eigenvalue weighted by atomic mass is 10.2. The van der Waals surface area contributed by atoms with Gasteiger partial charge in [0, 0.05) is 12.6 Å². The summed E-state index contributed by atoms with van der Waals surface area (Å²) in [6, 6.07) is 3.75. The van der Waals surface area contributed by atoms with Crippen LogP contribution in [-0.2, 0) is 0 Å². The van der Waals surface area contributed by atoms with Crippen LogP contribution in [0.3, 0.4) is 0 Å². The van der Waals surface area contributed by atoms with E-state index in [1.807, 2.05) is 6.07 Å². The molecule has 0 aliphatic heterocycles. The highest BCUT2D eigenvalue weighted by molar-refractivity contribution is 6.30. The lowest BCUT2D eigenvalue weighted by Crippen LogP contribution is -2.23. The van der Waals surface area contributed by atoms with E-state index in [0.717, 1.165) is 12.2 Å². The van der Waals surface area contributed by atoms with E-state index in [9.17, 15) is 0 Å². The van der Waals surface area contributed by atoms with Gasteiger partial charge in [-0.15, -0.1) is 0 Å². The van der Waals surface area contributed by atoms with Crippen molar-refractivity contribution in [2.24, 2.45) is 0 Å². The van der Waals surface area contributed by atoms with E-state index in [1.54, 1.807) is 34.3 Å². The van der Waals surface area contributed by atoms with Crippen molar-refractivity contribution in [1.29, 1.82) is 0 Å². The number of aromatic nitrogens is 7. The van der Waals surface area contributed by atoms with Crippen LogP contribution in [0.4, 0.5) is 5.82 Å². The lowest BCUT2D eigenvalue weighted by Gasteiger charge is -2.22. The molecule has 0 bridgehead atoms. The molecule has 2 unspecified atom stereocenters. The minimum Gasteiger partial charge on any atom is -0.348 e. The molecule has 0 spiro atoms. The molecule has 114 valence electrons. The van der Waals surface area contributed by atoms with Gasteiger partial charge in [0.15, 0.2) is 0 Å². The van der Waals surface area contributed by atoms with Crippen LogP contribution >= 0.6 is 11.6 Å². The molecule has 0 aliphatic carbocycles. The van der Waals surface area contributed by atoms with Gasteiger partial charge in [0.2, 0.25) is 0 Å². The van der Waals surface area contributed by atoms with Crippen LogP contribution in [-0.4, -0.2) is 34.5 Å². The number of nitrogens with one attached hydrogen (secondary N) is 1. The molecule has 3 aromatic heterocycles. The highest BCUT2D eigenvalue weighted by Crippen LogP contribution is 2.22. The van der Waals surface area contributed by atoms with Gasteiger partial charge in [0.05, 0.1) is 11.1 Å². The first-order chi connectivity index (χ1) is 10.7. The molecule has 3 rings (SSSR count). The summed E-state index contributed by atoms with van der Waals surface area (Å²) in [5.74, 6) is 0.718. The smallest absolute Gasteiger partial charge is 0.137 e. The van der Waals surface area contributed by atoms with Gasteiger partial charge < -0.3 is 5.32 Å². The Morgan fingerprint density at radius 1 is 1.14 bits per heavy atom. The lowest BCUT2D eigenvalue weighted by molar-refractivity contribution is 0.363. The Kier molecular flexibility index (Phi) is 4.29. The number of hydrogen-bond donors (Lipinski definition) is 1. The fourth-order valence-corrected chi connectivity index (χ4v) is 2.23. The molecule has 3 aromatic rings. The molecular weight excluding hydrogens is 304 g/mol. The van der Waals surface area contributed by atoms with Gasteiger partial charge in [0.1, 0.15) is 37.3 Å². The van der Waals surface area contributed by atoms with Crippen molar-refractivity contribution < 1.29 is 0 Å². The molecule has 9 heteroatoms. The zero-order valence-electron chi connectivity index (χ0n) is 11.9. The van der Waals surface area contributed by atoms with Gasteiger partial charge >= 0.3 is 0 Å². The second-order valence-electron chi connectivity index (χ2n) is 4.86. The maximum Gasteiger partial charge on any atom is 0.137 e. The van der Waals surface area contributed by atoms with E-state index in [4.69, 9.17) is 11.6 Å². The van der Waals surface area contributed by atoms with Gasteiger partial charge in [-0.05, 0) is 19.1 Å². The predicted molar refractivity (Wildman–Crippen MR) is 81.3 cm³/mol. The third-order valence-corrected chi connectivity index (χ3v) is 3.47. The average Bonchev–Trinajstić information content (AvgIpc) is 3.22. The number of hydrogen-bond acceptors (Lipinski definition) is 6. The molecule has 0 aliphatic rings. The van der Waals surface area contributed by atoms with Crippen molar-refractivity contribution in [3.8, 4) is 0 Å². The maximum absolute atomic E-state index is 5.86. The number of nitrogens with zero attached hydrogens (tertiary/aromatic N) is 7. The highest BCUT2D eigenvalue weighted by atomic mass is 35.5. The molecule has 0 fully saturated rings. The zero-order valence-corrected chi connectivity index (χ0v) is 12.7. The summed E-state index contributed by atoms with van der Waals surface area (Å²) in [4.78, 5) is 12.2.